The molecule has 0 unspecified atom stereocenters. The zero-order valence-electron chi connectivity index (χ0n) is 9.05. The van der Waals surface area contributed by atoms with E-state index in [4.69, 9.17) is 28.3 Å². The number of aliphatic hydroxyl groups excluding tert-OH is 1. The van der Waals surface area contributed by atoms with Gasteiger partial charge in [-0.15, -0.1) is 0 Å². The van der Waals surface area contributed by atoms with Crippen molar-refractivity contribution in [2.24, 2.45) is 0 Å². The molecule has 0 aliphatic rings. The third-order valence-electron chi connectivity index (χ3n) is 2.02. The first-order chi connectivity index (χ1) is 7.35. The van der Waals surface area contributed by atoms with Gasteiger partial charge in [-0.3, -0.25) is 4.79 Å². The largest absolute Gasteiger partial charge is 0.394 e. The molecular formula is C11H13Cl2NO2. The Hall–Kier alpha value is -0.770. The van der Waals surface area contributed by atoms with Crippen molar-refractivity contribution in [3.63, 3.8) is 0 Å². The Labute approximate surface area is 104 Å². The number of nitrogens with one attached hydrogen (secondary N) is 1. The highest BCUT2D eigenvalue weighted by Crippen LogP contribution is 2.21. The molecule has 1 rings (SSSR count). The van der Waals surface area contributed by atoms with Gasteiger partial charge in [0, 0.05) is 5.02 Å². The average molecular weight is 262 g/mol. The van der Waals surface area contributed by atoms with Gasteiger partial charge in [0.05, 0.1) is 22.7 Å². The van der Waals surface area contributed by atoms with Crippen LogP contribution in [-0.2, 0) is 0 Å². The first-order valence-electron chi connectivity index (χ1n) is 4.74. The molecule has 2 N–H and O–H groups in total. The van der Waals surface area contributed by atoms with Crippen LogP contribution in [0.15, 0.2) is 18.2 Å². The van der Waals surface area contributed by atoms with Crippen molar-refractivity contribution in [1.82, 2.24) is 5.32 Å². The minimum absolute atomic E-state index is 0.156. The van der Waals surface area contributed by atoms with Crippen molar-refractivity contribution in [3.8, 4) is 0 Å². The second-order valence-corrected chi connectivity index (χ2v) is 4.96. The summed E-state index contributed by atoms with van der Waals surface area (Å²) in [5.74, 6) is -0.355. The zero-order valence-corrected chi connectivity index (χ0v) is 10.6. The predicted octanol–water partition coefficient (Wildman–Crippen LogP) is 2.49. The Morgan fingerprint density at radius 3 is 2.62 bits per heavy atom. The highest BCUT2D eigenvalue weighted by molar-refractivity contribution is 6.35. The monoisotopic (exact) mass is 261 g/mol. The minimum atomic E-state index is -0.692. The van der Waals surface area contributed by atoms with Crippen molar-refractivity contribution in [2.75, 3.05) is 6.61 Å². The molecule has 0 saturated carbocycles. The highest BCUT2D eigenvalue weighted by Gasteiger charge is 2.21. The van der Waals surface area contributed by atoms with Gasteiger partial charge in [0.2, 0.25) is 0 Å². The van der Waals surface area contributed by atoms with Crippen LogP contribution in [-0.4, -0.2) is 23.2 Å². The second kappa shape index (κ2) is 5.04. The summed E-state index contributed by atoms with van der Waals surface area (Å²) in [6.45, 7) is 3.27. The number of amides is 1. The highest BCUT2D eigenvalue weighted by atomic mass is 35.5. The predicted molar refractivity (Wildman–Crippen MR) is 65.1 cm³/mol. The van der Waals surface area contributed by atoms with Crippen molar-refractivity contribution in [1.29, 1.82) is 0 Å². The summed E-state index contributed by atoms with van der Waals surface area (Å²) in [5, 5.41) is 12.5. The van der Waals surface area contributed by atoms with E-state index in [-0.39, 0.29) is 12.5 Å². The number of halogens is 2. The standard InChI is InChI=1S/C11H13Cl2NO2/c1-11(2,6-15)14-10(16)8-5-7(12)3-4-9(8)13/h3-5,15H,6H2,1-2H3,(H,14,16). The number of carbonyl (C=O) groups excluding carboxylic acids is 1. The van der Waals surface area contributed by atoms with Gasteiger partial charge in [0.15, 0.2) is 0 Å². The topological polar surface area (TPSA) is 49.3 Å². The van der Waals surface area contributed by atoms with Crippen LogP contribution in [0.25, 0.3) is 0 Å². The molecule has 0 aliphatic heterocycles. The van der Waals surface area contributed by atoms with Crippen LogP contribution in [0.3, 0.4) is 0 Å². The fourth-order valence-electron chi connectivity index (χ4n) is 1.09. The van der Waals surface area contributed by atoms with Gasteiger partial charge >= 0.3 is 0 Å². The van der Waals surface area contributed by atoms with Crippen LogP contribution in [0.1, 0.15) is 24.2 Å². The van der Waals surface area contributed by atoms with Crippen molar-refractivity contribution in [3.05, 3.63) is 33.8 Å². The van der Waals surface area contributed by atoms with Gasteiger partial charge < -0.3 is 10.4 Å². The Morgan fingerprint density at radius 2 is 2.06 bits per heavy atom. The third kappa shape index (κ3) is 3.37. The number of benzene rings is 1. The number of hydrogen-bond donors (Lipinski definition) is 2. The first kappa shape index (κ1) is 13.3. The second-order valence-electron chi connectivity index (χ2n) is 4.12. The summed E-state index contributed by atoms with van der Waals surface area (Å²) < 4.78 is 0. The summed E-state index contributed by atoms with van der Waals surface area (Å²) >= 11 is 11.7. The smallest absolute Gasteiger partial charge is 0.253 e. The van der Waals surface area contributed by atoms with E-state index in [0.717, 1.165) is 0 Å². The number of hydrogen-bond acceptors (Lipinski definition) is 2. The fourth-order valence-corrected chi connectivity index (χ4v) is 1.46. The fraction of sp³-hybridized carbons (Fsp3) is 0.364. The Morgan fingerprint density at radius 1 is 1.44 bits per heavy atom. The van der Waals surface area contributed by atoms with E-state index in [9.17, 15) is 4.79 Å². The normalized spacial score (nSPS) is 11.3. The molecule has 5 heteroatoms. The Bertz CT molecular complexity index is 405. The molecule has 1 aromatic rings. The molecule has 0 aliphatic carbocycles. The zero-order chi connectivity index (χ0) is 12.3. The Balaban J connectivity index is 2.93. The average Bonchev–Trinajstić information content (AvgIpc) is 2.21. The molecule has 0 radical (unpaired) electrons. The molecular weight excluding hydrogens is 249 g/mol. The van der Waals surface area contributed by atoms with Crippen molar-refractivity contribution in [2.45, 2.75) is 19.4 Å². The first-order valence-corrected chi connectivity index (χ1v) is 5.50. The van der Waals surface area contributed by atoms with Crippen LogP contribution < -0.4 is 5.32 Å². The van der Waals surface area contributed by atoms with E-state index < -0.39 is 5.54 Å². The van der Waals surface area contributed by atoms with E-state index in [1.807, 2.05) is 0 Å². The van der Waals surface area contributed by atoms with Gasteiger partial charge in [-0.05, 0) is 32.0 Å². The van der Waals surface area contributed by atoms with E-state index in [1.54, 1.807) is 26.0 Å². The van der Waals surface area contributed by atoms with Crippen LogP contribution in [0.2, 0.25) is 10.0 Å². The summed E-state index contributed by atoms with van der Waals surface area (Å²) in [5.41, 5.74) is -0.390. The molecule has 3 nitrogen and oxygen atoms in total. The number of carbonyl (C=O) groups is 1. The maximum atomic E-state index is 11.8. The lowest BCUT2D eigenvalue weighted by atomic mass is 10.1. The molecule has 0 aromatic heterocycles. The molecule has 88 valence electrons. The summed E-state index contributed by atoms with van der Waals surface area (Å²) in [6.07, 6.45) is 0. The summed E-state index contributed by atoms with van der Waals surface area (Å²) in [7, 11) is 0. The van der Waals surface area contributed by atoms with E-state index >= 15 is 0 Å². The molecule has 0 saturated heterocycles. The van der Waals surface area contributed by atoms with E-state index in [2.05, 4.69) is 5.32 Å². The van der Waals surface area contributed by atoms with E-state index in [0.29, 0.717) is 15.6 Å². The van der Waals surface area contributed by atoms with Crippen LogP contribution in [0.5, 0.6) is 0 Å². The van der Waals surface area contributed by atoms with Crippen LogP contribution in [0, 0.1) is 0 Å². The Kier molecular flexibility index (Phi) is 4.19. The number of rotatable bonds is 3. The van der Waals surface area contributed by atoms with Gasteiger partial charge in [-0.25, -0.2) is 0 Å². The van der Waals surface area contributed by atoms with Gasteiger partial charge in [-0.1, -0.05) is 23.2 Å². The van der Waals surface area contributed by atoms with Crippen molar-refractivity contribution < 1.29 is 9.90 Å². The molecule has 0 atom stereocenters. The van der Waals surface area contributed by atoms with Crippen LogP contribution in [0.4, 0.5) is 0 Å². The lowest BCUT2D eigenvalue weighted by molar-refractivity contribution is 0.0869. The molecule has 0 bridgehead atoms. The van der Waals surface area contributed by atoms with Gasteiger partial charge in [-0.2, -0.15) is 0 Å². The minimum Gasteiger partial charge on any atom is -0.394 e. The molecule has 16 heavy (non-hydrogen) atoms. The molecule has 0 spiro atoms. The molecule has 1 aromatic carbocycles. The quantitative estimate of drug-likeness (QED) is 0.879. The molecule has 1 amide bonds. The van der Waals surface area contributed by atoms with Gasteiger partial charge in [0.1, 0.15) is 0 Å². The lowest BCUT2D eigenvalue weighted by Gasteiger charge is -2.23. The maximum absolute atomic E-state index is 11.8. The molecule has 0 fully saturated rings. The SMILES string of the molecule is CC(C)(CO)NC(=O)c1cc(Cl)ccc1Cl. The number of aliphatic hydroxyl groups is 1. The summed E-state index contributed by atoms with van der Waals surface area (Å²) in [6, 6.07) is 4.66. The lowest BCUT2D eigenvalue weighted by Crippen LogP contribution is -2.46. The van der Waals surface area contributed by atoms with Gasteiger partial charge in [0.25, 0.3) is 5.91 Å². The van der Waals surface area contributed by atoms with E-state index in [1.165, 1.54) is 6.07 Å². The maximum Gasteiger partial charge on any atom is 0.253 e. The summed E-state index contributed by atoms with van der Waals surface area (Å²) in [4.78, 5) is 11.8. The van der Waals surface area contributed by atoms with Crippen LogP contribution >= 0.6 is 23.2 Å². The third-order valence-corrected chi connectivity index (χ3v) is 2.58. The molecule has 0 heterocycles. The van der Waals surface area contributed by atoms with Crippen molar-refractivity contribution >= 4 is 29.1 Å².